The van der Waals surface area contributed by atoms with Gasteiger partial charge in [0.25, 0.3) is 6.71 Å². The molecule has 2 aliphatic heterocycles. The van der Waals surface area contributed by atoms with Gasteiger partial charge in [-0.25, -0.2) is 0 Å². The predicted octanol–water partition coefficient (Wildman–Crippen LogP) is 15.4. The number of fused-ring (bicyclic) bond motifs is 6. The Morgan fingerprint density at radius 3 is 1.59 bits per heavy atom. The van der Waals surface area contributed by atoms with Gasteiger partial charge >= 0.3 is 0 Å². The maximum Gasteiger partial charge on any atom is 0.273 e. The highest BCUT2D eigenvalue weighted by atomic mass is 15.2. The topological polar surface area (TPSA) is 14.7 Å². The minimum atomic E-state index is -0.108. The first-order chi connectivity index (χ1) is 33.5. The quantitative estimate of drug-likeness (QED) is 0.148. The fourth-order valence-electron chi connectivity index (χ4n) is 10.9. The van der Waals surface area contributed by atoms with Crippen molar-refractivity contribution in [2.45, 2.75) is 52.4 Å². The Balaban J connectivity index is 1.13. The van der Waals surface area contributed by atoms with Gasteiger partial charge in [0.15, 0.2) is 0 Å². The fraction of sp³-hybridized carbons (Fsp3) is 0.125. The molecule has 4 nitrogen and oxygen atoms in total. The van der Waals surface area contributed by atoms with Crippen LogP contribution in [0.1, 0.15) is 52.7 Å². The SMILES string of the molecule is CC(C)(C)c1ccc(-c2cccc(N3c4cccc5c4B(c4ccc(N(c6ccccc6)c6ccc(C(C)(C)C)cc6)cc4N5c4ccccc4)c4c3c3ccccc3n4-c3ccccc3)c2)cc1. The van der Waals surface area contributed by atoms with E-state index in [0.29, 0.717) is 0 Å². The van der Waals surface area contributed by atoms with Gasteiger partial charge < -0.3 is 19.3 Å². The van der Waals surface area contributed by atoms with Crippen molar-refractivity contribution in [2.75, 3.05) is 14.7 Å². The Bertz CT molecular complexity index is 3510. The van der Waals surface area contributed by atoms with Crippen LogP contribution in [0.25, 0.3) is 27.7 Å². The maximum absolute atomic E-state index is 2.56. The summed E-state index contributed by atoms with van der Waals surface area (Å²) in [7, 11) is 0. The van der Waals surface area contributed by atoms with Gasteiger partial charge in [0, 0.05) is 62.2 Å². The molecule has 0 amide bonds. The van der Waals surface area contributed by atoms with E-state index < -0.39 is 0 Å². The zero-order valence-corrected chi connectivity index (χ0v) is 40.2. The molecule has 0 fully saturated rings. The molecule has 10 aromatic rings. The van der Waals surface area contributed by atoms with Gasteiger partial charge in [-0.2, -0.15) is 0 Å². The van der Waals surface area contributed by atoms with Crippen LogP contribution < -0.4 is 31.2 Å². The number of para-hydroxylation sites is 4. The average molecular weight is 891 g/mol. The van der Waals surface area contributed by atoms with E-state index in [9.17, 15) is 0 Å². The van der Waals surface area contributed by atoms with Gasteiger partial charge in [-0.1, -0.05) is 175 Å². The molecule has 0 saturated heterocycles. The number of anilines is 9. The van der Waals surface area contributed by atoms with E-state index in [1.165, 1.54) is 66.7 Å². The third kappa shape index (κ3) is 7.15. The van der Waals surface area contributed by atoms with Crippen LogP contribution in [0.15, 0.2) is 224 Å². The zero-order valence-electron chi connectivity index (χ0n) is 40.2. The molecular formula is C64H55BN4. The summed E-state index contributed by atoms with van der Waals surface area (Å²) in [4.78, 5) is 7.47. The molecule has 0 bridgehead atoms. The van der Waals surface area contributed by atoms with Gasteiger partial charge in [0.05, 0.1) is 11.2 Å². The molecule has 0 saturated carbocycles. The fourth-order valence-corrected chi connectivity index (χ4v) is 10.9. The normalized spacial score (nSPS) is 13.0. The van der Waals surface area contributed by atoms with Crippen molar-refractivity contribution in [3.63, 3.8) is 0 Å². The molecule has 3 heterocycles. The molecule has 0 unspecified atom stereocenters. The summed E-state index contributed by atoms with van der Waals surface area (Å²) in [6.45, 7) is 13.6. The highest BCUT2D eigenvalue weighted by Crippen LogP contribution is 2.49. The highest BCUT2D eigenvalue weighted by Gasteiger charge is 2.46. The molecule has 334 valence electrons. The lowest BCUT2D eigenvalue weighted by atomic mass is 9.35. The number of benzene rings is 9. The van der Waals surface area contributed by atoms with Crippen molar-refractivity contribution < 1.29 is 0 Å². The van der Waals surface area contributed by atoms with Crippen LogP contribution in [-0.2, 0) is 10.8 Å². The molecule has 12 rings (SSSR count). The molecule has 0 spiro atoms. The summed E-state index contributed by atoms with van der Waals surface area (Å²) in [5.41, 5.74) is 21.5. The molecule has 0 aliphatic carbocycles. The lowest BCUT2D eigenvalue weighted by molar-refractivity contribution is 0.590. The Morgan fingerprint density at radius 2 is 0.928 bits per heavy atom. The minimum Gasteiger partial charge on any atom is -0.319 e. The largest absolute Gasteiger partial charge is 0.319 e. The molecule has 69 heavy (non-hydrogen) atoms. The minimum absolute atomic E-state index is 0.0438. The van der Waals surface area contributed by atoms with Crippen LogP contribution in [0.2, 0.25) is 0 Å². The Kier molecular flexibility index (Phi) is 10.0. The monoisotopic (exact) mass is 890 g/mol. The summed E-state index contributed by atoms with van der Waals surface area (Å²) in [6.07, 6.45) is 0. The molecule has 0 radical (unpaired) electrons. The summed E-state index contributed by atoms with van der Waals surface area (Å²) in [6, 6.07) is 83.2. The first-order valence-corrected chi connectivity index (χ1v) is 24.3. The summed E-state index contributed by atoms with van der Waals surface area (Å²) in [5.74, 6) is 0. The predicted molar refractivity (Wildman–Crippen MR) is 295 cm³/mol. The molecular weight excluding hydrogens is 836 g/mol. The van der Waals surface area contributed by atoms with Gasteiger partial charge in [-0.05, 0) is 135 Å². The third-order valence-corrected chi connectivity index (χ3v) is 14.3. The number of hydrogen-bond donors (Lipinski definition) is 0. The van der Waals surface area contributed by atoms with Crippen molar-refractivity contribution in [3.8, 4) is 16.8 Å². The van der Waals surface area contributed by atoms with Crippen molar-refractivity contribution >= 4 is 85.3 Å². The second-order valence-electron chi connectivity index (χ2n) is 20.7. The molecule has 0 N–H and O–H groups in total. The van der Waals surface area contributed by atoms with Crippen molar-refractivity contribution in [3.05, 3.63) is 236 Å². The summed E-state index contributed by atoms with van der Waals surface area (Å²) < 4.78 is 2.54. The van der Waals surface area contributed by atoms with E-state index >= 15 is 0 Å². The van der Waals surface area contributed by atoms with Gasteiger partial charge in [0.1, 0.15) is 0 Å². The molecule has 9 aromatic carbocycles. The Morgan fingerprint density at radius 1 is 0.391 bits per heavy atom. The van der Waals surface area contributed by atoms with Crippen LogP contribution in [0.3, 0.4) is 0 Å². The standard InChI is InChI=1S/C64H55BN4/c1-63(2,3)46-34-32-44(33-35-46)45-20-18-27-52(42-45)68-58-31-19-30-57-60(58)65(62-61(68)54-28-16-17-29-56(54)69(62)50-25-14-9-15-26-50)55-41-40-53(43-59(55)67(57)49-23-12-8-13-24-49)66(48-21-10-7-11-22-48)51-38-36-47(37-39-51)64(4,5)6/h7-43H,1-6H3. The lowest BCUT2D eigenvalue weighted by Gasteiger charge is -2.44. The van der Waals surface area contributed by atoms with Crippen LogP contribution in [-0.4, -0.2) is 11.3 Å². The van der Waals surface area contributed by atoms with Crippen LogP contribution >= 0.6 is 0 Å². The third-order valence-electron chi connectivity index (χ3n) is 14.3. The van der Waals surface area contributed by atoms with Crippen LogP contribution in [0.4, 0.5) is 51.2 Å². The summed E-state index contributed by atoms with van der Waals surface area (Å²) in [5, 5.41) is 1.21. The highest BCUT2D eigenvalue weighted by molar-refractivity contribution is 7.00. The zero-order chi connectivity index (χ0) is 47.0. The van der Waals surface area contributed by atoms with Gasteiger partial charge in [-0.3, -0.25) is 0 Å². The summed E-state index contributed by atoms with van der Waals surface area (Å²) >= 11 is 0. The van der Waals surface area contributed by atoms with Gasteiger partial charge in [-0.15, -0.1) is 0 Å². The Labute approximate surface area is 407 Å². The van der Waals surface area contributed by atoms with Crippen molar-refractivity contribution in [1.82, 2.24) is 4.57 Å². The van der Waals surface area contributed by atoms with Crippen LogP contribution in [0, 0.1) is 0 Å². The second kappa shape index (κ2) is 16.3. The van der Waals surface area contributed by atoms with E-state index in [1.807, 2.05) is 0 Å². The second-order valence-corrected chi connectivity index (χ2v) is 20.7. The van der Waals surface area contributed by atoms with E-state index in [1.54, 1.807) is 0 Å². The van der Waals surface area contributed by atoms with E-state index in [2.05, 4.69) is 285 Å². The maximum atomic E-state index is 2.56. The van der Waals surface area contributed by atoms with E-state index in [4.69, 9.17) is 0 Å². The smallest absolute Gasteiger partial charge is 0.273 e. The van der Waals surface area contributed by atoms with E-state index in [-0.39, 0.29) is 17.5 Å². The van der Waals surface area contributed by atoms with Crippen molar-refractivity contribution in [1.29, 1.82) is 0 Å². The Hall–Kier alpha value is -8.02. The molecule has 0 atom stereocenters. The number of rotatable bonds is 7. The van der Waals surface area contributed by atoms with E-state index in [0.717, 1.165) is 39.8 Å². The molecule has 2 aliphatic rings. The van der Waals surface area contributed by atoms with Crippen molar-refractivity contribution in [2.24, 2.45) is 0 Å². The first-order valence-electron chi connectivity index (χ1n) is 24.3. The van der Waals surface area contributed by atoms with Crippen LogP contribution in [0.5, 0.6) is 0 Å². The number of aromatic nitrogens is 1. The molecule has 5 heteroatoms. The van der Waals surface area contributed by atoms with Gasteiger partial charge in [0.2, 0.25) is 0 Å². The number of hydrogen-bond acceptors (Lipinski definition) is 3. The first kappa shape index (κ1) is 42.3. The lowest BCUT2D eigenvalue weighted by Crippen LogP contribution is -2.62. The number of nitrogens with zero attached hydrogens (tertiary/aromatic N) is 4. The average Bonchev–Trinajstić information content (AvgIpc) is 3.72. The molecule has 1 aromatic heterocycles.